The van der Waals surface area contributed by atoms with Crippen molar-refractivity contribution in [3.63, 3.8) is 0 Å². The van der Waals surface area contributed by atoms with Gasteiger partial charge in [-0.05, 0) is 12.8 Å². The lowest BCUT2D eigenvalue weighted by Crippen LogP contribution is -2.55. The van der Waals surface area contributed by atoms with Gasteiger partial charge in [-0.3, -0.25) is 24.0 Å². The lowest BCUT2D eigenvalue weighted by Gasteiger charge is -2.31. The number of rotatable bonds is 7. The van der Waals surface area contributed by atoms with Gasteiger partial charge in [0.1, 0.15) is 24.2 Å². The number of carbonyl (C=O) groups excluding carboxylic acids is 5. The lowest BCUT2D eigenvalue weighted by atomic mass is 10.1. The van der Waals surface area contributed by atoms with E-state index in [4.69, 9.17) is 5.73 Å². The quantitative estimate of drug-likeness (QED) is 0.170. The fourth-order valence-corrected chi connectivity index (χ4v) is 6.13. The molecule has 0 aromatic carbocycles. The monoisotopic (exact) mass is 568 g/mol. The standard InChI is InChI=1S/C24H36N6O10/c25-7-19(34)28-9-13(32)5-17(28)23(38)29-10-12(31)4-16(29)21(36)26-8-20(35)27-3-1-2-15(27)22(37)30-11-14(33)6-18(30)24(39)40/h12-18,31-33H,1-11,25H2,(H,26,36)(H,39,40)/t12-,13-,14-,15+,16+,17+,18+/m1/s1. The van der Waals surface area contributed by atoms with Crippen LogP contribution in [0, 0.1) is 0 Å². The van der Waals surface area contributed by atoms with Gasteiger partial charge in [0.25, 0.3) is 0 Å². The zero-order chi connectivity index (χ0) is 29.3. The number of amides is 5. The predicted molar refractivity (Wildman–Crippen MR) is 133 cm³/mol. The predicted octanol–water partition coefficient (Wildman–Crippen LogP) is -4.98. The van der Waals surface area contributed by atoms with E-state index in [1.165, 1.54) is 4.90 Å². The summed E-state index contributed by atoms with van der Waals surface area (Å²) in [5.74, 6) is -4.25. The summed E-state index contributed by atoms with van der Waals surface area (Å²) in [6.07, 6.45) is -2.36. The van der Waals surface area contributed by atoms with Crippen molar-refractivity contribution in [3.8, 4) is 0 Å². The van der Waals surface area contributed by atoms with Gasteiger partial charge in [0.2, 0.25) is 29.5 Å². The first-order valence-corrected chi connectivity index (χ1v) is 13.4. The van der Waals surface area contributed by atoms with Crippen LogP contribution in [0.4, 0.5) is 0 Å². The fourth-order valence-electron chi connectivity index (χ4n) is 6.13. The highest BCUT2D eigenvalue weighted by Crippen LogP contribution is 2.27. The summed E-state index contributed by atoms with van der Waals surface area (Å²) in [6.45, 7) is -1.03. The van der Waals surface area contributed by atoms with E-state index in [1.807, 2.05) is 0 Å². The largest absolute Gasteiger partial charge is 0.480 e. The third-order valence-corrected chi connectivity index (χ3v) is 8.04. The molecule has 16 heteroatoms. The Morgan fingerprint density at radius 3 is 1.82 bits per heavy atom. The van der Waals surface area contributed by atoms with Crippen LogP contribution in [0.5, 0.6) is 0 Å². The van der Waals surface area contributed by atoms with Crippen LogP contribution < -0.4 is 11.1 Å². The van der Waals surface area contributed by atoms with Crippen LogP contribution in [-0.2, 0) is 28.8 Å². The molecule has 4 aliphatic heterocycles. The molecule has 0 aliphatic carbocycles. The van der Waals surface area contributed by atoms with Gasteiger partial charge < -0.3 is 51.1 Å². The van der Waals surface area contributed by atoms with E-state index >= 15 is 0 Å². The summed E-state index contributed by atoms with van der Waals surface area (Å²) in [5.41, 5.74) is 5.42. The maximum absolute atomic E-state index is 13.3. The van der Waals surface area contributed by atoms with Crippen LogP contribution in [0.3, 0.4) is 0 Å². The fraction of sp³-hybridized carbons (Fsp3) is 0.750. The zero-order valence-electron chi connectivity index (χ0n) is 21.9. The summed E-state index contributed by atoms with van der Waals surface area (Å²) in [7, 11) is 0. The number of carboxylic acid groups (broad SMARTS) is 1. The minimum atomic E-state index is -1.24. The molecule has 222 valence electrons. The molecule has 0 unspecified atom stereocenters. The van der Waals surface area contributed by atoms with Crippen molar-refractivity contribution in [2.75, 3.05) is 39.3 Å². The highest BCUT2D eigenvalue weighted by Gasteiger charge is 2.47. The maximum Gasteiger partial charge on any atom is 0.326 e. The van der Waals surface area contributed by atoms with Crippen LogP contribution in [-0.4, -0.2) is 157 Å². The van der Waals surface area contributed by atoms with Gasteiger partial charge in [-0.25, -0.2) is 4.79 Å². The minimum absolute atomic E-state index is 0.0366. The van der Waals surface area contributed by atoms with E-state index in [9.17, 15) is 49.2 Å². The smallest absolute Gasteiger partial charge is 0.326 e. The number of carboxylic acids is 1. The Bertz CT molecular complexity index is 1060. The molecule has 7 atom stereocenters. The van der Waals surface area contributed by atoms with Gasteiger partial charge >= 0.3 is 5.97 Å². The number of aliphatic hydroxyl groups excluding tert-OH is 3. The van der Waals surface area contributed by atoms with E-state index in [1.54, 1.807) is 0 Å². The number of nitrogens with two attached hydrogens (primary N) is 1. The van der Waals surface area contributed by atoms with E-state index < -0.39 is 84.5 Å². The number of β-amino-alcohol motifs (C(OH)–C–C–N with tert-alkyl or cyclic N) is 3. The van der Waals surface area contributed by atoms with Crippen molar-refractivity contribution in [2.45, 2.75) is 74.6 Å². The van der Waals surface area contributed by atoms with Crippen LogP contribution in [0.1, 0.15) is 32.1 Å². The highest BCUT2D eigenvalue weighted by molar-refractivity contribution is 5.96. The third kappa shape index (κ3) is 5.89. The average Bonchev–Trinajstić information content (AvgIpc) is 3.71. The van der Waals surface area contributed by atoms with Crippen LogP contribution in [0.25, 0.3) is 0 Å². The molecule has 16 nitrogen and oxygen atoms in total. The first-order valence-electron chi connectivity index (χ1n) is 13.4. The minimum Gasteiger partial charge on any atom is -0.480 e. The average molecular weight is 569 g/mol. The molecule has 0 aromatic heterocycles. The molecule has 0 aromatic rings. The molecule has 4 fully saturated rings. The van der Waals surface area contributed by atoms with Gasteiger partial charge in [-0.2, -0.15) is 0 Å². The molecule has 0 radical (unpaired) electrons. The number of hydrogen-bond acceptors (Lipinski definition) is 10. The van der Waals surface area contributed by atoms with E-state index in [-0.39, 0.29) is 52.0 Å². The first kappa shape index (κ1) is 29.6. The van der Waals surface area contributed by atoms with Crippen molar-refractivity contribution < 1.29 is 49.2 Å². The second-order valence-corrected chi connectivity index (χ2v) is 10.7. The summed E-state index contributed by atoms with van der Waals surface area (Å²) in [5, 5.41) is 42.0. The summed E-state index contributed by atoms with van der Waals surface area (Å²) < 4.78 is 0. The van der Waals surface area contributed by atoms with Crippen molar-refractivity contribution in [1.29, 1.82) is 0 Å². The number of nitrogens with zero attached hydrogens (tertiary/aromatic N) is 4. The highest BCUT2D eigenvalue weighted by atomic mass is 16.4. The summed E-state index contributed by atoms with van der Waals surface area (Å²) >= 11 is 0. The number of aliphatic hydroxyl groups is 3. The molecule has 4 aliphatic rings. The number of carbonyl (C=O) groups is 6. The van der Waals surface area contributed by atoms with Gasteiger partial charge in [-0.1, -0.05) is 0 Å². The topological polar surface area (TPSA) is 234 Å². The molecular weight excluding hydrogens is 532 g/mol. The second-order valence-electron chi connectivity index (χ2n) is 10.7. The van der Waals surface area contributed by atoms with Gasteiger partial charge in [-0.15, -0.1) is 0 Å². The molecule has 4 heterocycles. The molecule has 5 amide bonds. The third-order valence-electron chi connectivity index (χ3n) is 8.04. The molecule has 0 bridgehead atoms. The molecule has 0 spiro atoms. The Hall–Kier alpha value is -3.34. The first-order chi connectivity index (χ1) is 18.9. The SMILES string of the molecule is NCC(=O)N1C[C@H](O)C[C@H]1C(=O)N1C[C@H](O)C[C@H]1C(=O)NCC(=O)N1CCC[C@H]1C(=O)N1C[C@H](O)C[C@H]1C(=O)O. The summed E-state index contributed by atoms with van der Waals surface area (Å²) in [6, 6.07) is -4.28. The van der Waals surface area contributed by atoms with E-state index in [2.05, 4.69) is 5.32 Å². The Labute approximate surface area is 229 Å². The second kappa shape index (κ2) is 12.0. The number of likely N-dealkylation sites (tertiary alicyclic amines) is 4. The van der Waals surface area contributed by atoms with Crippen molar-refractivity contribution in [1.82, 2.24) is 24.9 Å². The van der Waals surface area contributed by atoms with Gasteiger partial charge in [0, 0.05) is 45.4 Å². The molecule has 40 heavy (non-hydrogen) atoms. The van der Waals surface area contributed by atoms with Gasteiger partial charge in [0.15, 0.2) is 0 Å². The van der Waals surface area contributed by atoms with Gasteiger partial charge in [0.05, 0.1) is 31.4 Å². The van der Waals surface area contributed by atoms with E-state index in [0.717, 1.165) is 14.7 Å². The Morgan fingerprint density at radius 1 is 0.700 bits per heavy atom. The zero-order valence-corrected chi connectivity index (χ0v) is 21.9. The molecular formula is C24H36N6O10. The summed E-state index contributed by atoms with van der Waals surface area (Å²) in [4.78, 5) is 80.8. The van der Waals surface area contributed by atoms with Crippen molar-refractivity contribution in [3.05, 3.63) is 0 Å². The normalized spacial score (nSPS) is 32.0. The molecule has 4 rings (SSSR count). The lowest BCUT2D eigenvalue weighted by molar-refractivity contribution is -0.151. The maximum atomic E-state index is 13.3. The van der Waals surface area contributed by atoms with E-state index in [0.29, 0.717) is 12.8 Å². The number of nitrogens with one attached hydrogen (secondary N) is 1. The van der Waals surface area contributed by atoms with Crippen molar-refractivity contribution in [2.24, 2.45) is 5.73 Å². The molecule has 0 saturated carbocycles. The number of aliphatic carboxylic acids is 1. The van der Waals surface area contributed by atoms with Crippen LogP contribution in [0.2, 0.25) is 0 Å². The number of hydrogen-bond donors (Lipinski definition) is 6. The van der Waals surface area contributed by atoms with Crippen LogP contribution >= 0.6 is 0 Å². The van der Waals surface area contributed by atoms with Crippen LogP contribution in [0.15, 0.2) is 0 Å². The molecule has 7 N–H and O–H groups in total. The molecule has 4 saturated heterocycles. The van der Waals surface area contributed by atoms with Crippen molar-refractivity contribution >= 4 is 35.5 Å². The Balaban J connectivity index is 1.38. The Morgan fingerprint density at radius 2 is 1.23 bits per heavy atom. The Kier molecular flexibility index (Phi) is 8.92.